The summed E-state index contributed by atoms with van der Waals surface area (Å²) >= 11 is 7.53. The van der Waals surface area contributed by atoms with Gasteiger partial charge in [-0.05, 0) is 23.8 Å². The van der Waals surface area contributed by atoms with Crippen molar-refractivity contribution in [2.24, 2.45) is 0 Å². The van der Waals surface area contributed by atoms with E-state index in [9.17, 15) is 9.59 Å². The molecule has 5 rings (SSSR count). The molecule has 0 saturated heterocycles. The van der Waals surface area contributed by atoms with Crippen molar-refractivity contribution < 1.29 is 9.53 Å². The monoisotopic (exact) mass is 437 g/mol. The largest absolute Gasteiger partial charge is 0.489 e. The fourth-order valence-corrected chi connectivity index (χ4v) is 4.57. The number of ether oxygens (including phenoxy) is 1. The van der Waals surface area contributed by atoms with Crippen molar-refractivity contribution in [3.8, 4) is 5.75 Å². The summed E-state index contributed by atoms with van der Waals surface area (Å²) in [6.45, 7) is 0.356. The van der Waals surface area contributed by atoms with Crippen molar-refractivity contribution in [2.75, 3.05) is 5.32 Å². The molecule has 3 heterocycles. The summed E-state index contributed by atoms with van der Waals surface area (Å²) in [6.07, 6.45) is 2.00. The van der Waals surface area contributed by atoms with E-state index in [1.54, 1.807) is 10.6 Å². The Morgan fingerprint density at radius 3 is 2.77 bits per heavy atom. The van der Waals surface area contributed by atoms with Gasteiger partial charge in [-0.25, -0.2) is 0 Å². The van der Waals surface area contributed by atoms with E-state index < -0.39 is 0 Å². The van der Waals surface area contributed by atoms with E-state index in [0.717, 1.165) is 11.1 Å². The number of nitrogens with one attached hydrogen (secondary N) is 1. The van der Waals surface area contributed by atoms with E-state index in [1.807, 2.05) is 53.9 Å². The topological polar surface area (TPSA) is 72.7 Å². The molecule has 4 aromatic rings. The zero-order valence-corrected chi connectivity index (χ0v) is 17.2. The van der Waals surface area contributed by atoms with Gasteiger partial charge in [-0.1, -0.05) is 41.9 Å². The van der Waals surface area contributed by atoms with Crippen LogP contribution in [0.2, 0.25) is 5.02 Å². The van der Waals surface area contributed by atoms with Crippen LogP contribution in [0.25, 0.3) is 4.96 Å². The van der Waals surface area contributed by atoms with E-state index in [0.29, 0.717) is 33.7 Å². The molecule has 0 unspecified atom stereocenters. The van der Waals surface area contributed by atoms with Gasteiger partial charge in [0.15, 0.2) is 4.96 Å². The van der Waals surface area contributed by atoms with Crippen LogP contribution in [0.15, 0.2) is 64.9 Å². The molecule has 0 aliphatic carbocycles. The number of carbonyl (C=O) groups excluding carboxylic acids is 1. The van der Waals surface area contributed by atoms with E-state index >= 15 is 0 Å². The van der Waals surface area contributed by atoms with Gasteiger partial charge in [0.2, 0.25) is 5.91 Å². The Morgan fingerprint density at radius 2 is 1.97 bits per heavy atom. The number of hydrogen-bond acceptors (Lipinski definition) is 5. The normalized spacial score (nSPS) is 15.6. The maximum absolute atomic E-state index is 12.7. The number of fused-ring (bicyclic) bond motifs is 3. The molecule has 30 heavy (non-hydrogen) atoms. The first kappa shape index (κ1) is 18.8. The number of carbonyl (C=O) groups is 1. The van der Waals surface area contributed by atoms with Crippen LogP contribution in [-0.4, -0.2) is 15.3 Å². The number of thiazole rings is 1. The van der Waals surface area contributed by atoms with E-state index in [-0.39, 0.29) is 23.8 Å². The molecular weight excluding hydrogens is 422 g/mol. The van der Waals surface area contributed by atoms with Crippen LogP contribution >= 0.6 is 22.9 Å². The molecule has 0 spiro atoms. The number of halogens is 1. The SMILES string of the molecule is O=C1C[C@H](c2ccc(OCc3ccccc3Cl)cc2)c2c(n3ccsc3nc2=O)N1. The minimum atomic E-state index is -0.358. The minimum Gasteiger partial charge on any atom is -0.489 e. The number of amides is 1. The average molecular weight is 438 g/mol. The molecule has 0 saturated carbocycles. The Morgan fingerprint density at radius 1 is 1.17 bits per heavy atom. The zero-order chi connectivity index (χ0) is 20.7. The molecule has 150 valence electrons. The molecule has 1 N–H and O–H groups in total. The van der Waals surface area contributed by atoms with E-state index in [4.69, 9.17) is 16.3 Å². The molecular formula is C22H16ClN3O3S. The lowest BCUT2D eigenvalue weighted by Gasteiger charge is -2.25. The summed E-state index contributed by atoms with van der Waals surface area (Å²) in [5.41, 5.74) is 1.97. The van der Waals surface area contributed by atoms with Gasteiger partial charge in [0.05, 0.1) is 5.56 Å². The van der Waals surface area contributed by atoms with Crippen LogP contribution in [0.5, 0.6) is 5.75 Å². The second-order valence-electron chi connectivity index (χ2n) is 6.99. The molecule has 2 aromatic heterocycles. The quantitative estimate of drug-likeness (QED) is 0.511. The van der Waals surface area contributed by atoms with Crippen molar-refractivity contribution in [1.29, 1.82) is 0 Å². The fraction of sp³-hybridized carbons (Fsp3) is 0.136. The molecule has 0 bridgehead atoms. The molecule has 1 aliphatic rings. The van der Waals surface area contributed by atoms with Crippen LogP contribution in [-0.2, 0) is 11.4 Å². The first-order valence-electron chi connectivity index (χ1n) is 9.36. The van der Waals surface area contributed by atoms with Gasteiger partial charge in [-0.2, -0.15) is 4.98 Å². The number of anilines is 1. The molecule has 2 aromatic carbocycles. The molecule has 1 aliphatic heterocycles. The Kier molecular flexibility index (Phi) is 4.77. The second-order valence-corrected chi connectivity index (χ2v) is 8.27. The predicted octanol–water partition coefficient (Wildman–Crippen LogP) is 4.46. The molecule has 8 heteroatoms. The molecule has 0 fully saturated rings. The van der Waals surface area contributed by atoms with Crippen molar-refractivity contribution in [3.05, 3.63) is 92.2 Å². The van der Waals surface area contributed by atoms with Crippen molar-refractivity contribution >= 4 is 39.6 Å². The standard InChI is InChI=1S/C22H16ClN3O3S/c23-17-4-2-1-3-14(17)12-29-15-7-5-13(6-8-15)16-11-18(27)24-20-19(16)21(28)25-22-26(20)9-10-30-22/h1-10,16H,11-12H2,(H,24,27)/t16-/m1/s1. The summed E-state index contributed by atoms with van der Waals surface area (Å²) < 4.78 is 7.59. The Hall–Kier alpha value is -3.16. The predicted molar refractivity (Wildman–Crippen MR) is 117 cm³/mol. The lowest BCUT2D eigenvalue weighted by Crippen LogP contribution is -2.31. The third-order valence-electron chi connectivity index (χ3n) is 5.14. The van der Waals surface area contributed by atoms with Gasteiger partial charge in [0.25, 0.3) is 5.56 Å². The van der Waals surface area contributed by atoms with Crippen LogP contribution in [0.1, 0.15) is 29.0 Å². The molecule has 6 nitrogen and oxygen atoms in total. The lowest BCUT2D eigenvalue weighted by atomic mass is 9.87. The van der Waals surface area contributed by atoms with Gasteiger partial charge in [-0.3, -0.25) is 14.0 Å². The van der Waals surface area contributed by atoms with Crippen LogP contribution < -0.4 is 15.6 Å². The van der Waals surface area contributed by atoms with Crippen LogP contribution in [0, 0.1) is 0 Å². The summed E-state index contributed by atoms with van der Waals surface area (Å²) in [5, 5.41) is 5.33. The molecule has 0 radical (unpaired) electrons. The van der Waals surface area contributed by atoms with Gasteiger partial charge >= 0.3 is 0 Å². The molecule has 1 atom stereocenters. The van der Waals surface area contributed by atoms with Gasteiger partial charge in [0.1, 0.15) is 18.2 Å². The highest BCUT2D eigenvalue weighted by Gasteiger charge is 2.31. The first-order chi connectivity index (χ1) is 14.6. The van der Waals surface area contributed by atoms with Crippen molar-refractivity contribution in [2.45, 2.75) is 18.9 Å². The Balaban J connectivity index is 1.45. The summed E-state index contributed by atoms with van der Waals surface area (Å²) in [6, 6.07) is 15.0. The Bertz CT molecular complexity index is 1310. The van der Waals surface area contributed by atoms with E-state index in [1.165, 1.54) is 11.3 Å². The Labute approximate surface area is 180 Å². The average Bonchev–Trinajstić information content (AvgIpc) is 3.21. The second kappa shape index (κ2) is 7.59. The van der Waals surface area contributed by atoms with Gasteiger partial charge in [0, 0.05) is 34.5 Å². The number of rotatable bonds is 4. The summed E-state index contributed by atoms with van der Waals surface area (Å²) in [4.78, 5) is 29.8. The number of benzene rings is 2. The van der Waals surface area contributed by atoms with Gasteiger partial charge in [-0.15, -0.1) is 11.3 Å². The maximum Gasteiger partial charge on any atom is 0.279 e. The van der Waals surface area contributed by atoms with Crippen LogP contribution in [0.4, 0.5) is 5.82 Å². The maximum atomic E-state index is 12.7. The van der Waals surface area contributed by atoms with Crippen molar-refractivity contribution in [1.82, 2.24) is 9.38 Å². The molecule has 1 amide bonds. The third-order valence-corrected chi connectivity index (χ3v) is 6.27. The summed E-state index contributed by atoms with van der Waals surface area (Å²) in [7, 11) is 0. The van der Waals surface area contributed by atoms with Crippen molar-refractivity contribution in [3.63, 3.8) is 0 Å². The highest BCUT2D eigenvalue weighted by molar-refractivity contribution is 7.15. The minimum absolute atomic E-state index is 0.128. The number of nitrogens with zero attached hydrogens (tertiary/aromatic N) is 2. The highest BCUT2D eigenvalue weighted by atomic mass is 35.5. The number of aromatic nitrogens is 2. The summed E-state index contributed by atoms with van der Waals surface area (Å²) in [5.74, 6) is 0.703. The van der Waals surface area contributed by atoms with E-state index in [2.05, 4.69) is 10.3 Å². The fourth-order valence-electron chi connectivity index (χ4n) is 3.67. The third kappa shape index (κ3) is 3.36. The lowest BCUT2D eigenvalue weighted by molar-refractivity contribution is -0.116. The van der Waals surface area contributed by atoms with Crippen LogP contribution in [0.3, 0.4) is 0 Å². The first-order valence-corrected chi connectivity index (χ1v) is 10.6. The zero-order valence-electron chi connectivity index (χ0n) is 15.7. The smallest absolute Gasteiger partial charge is 0.279 e. The van der Waals surface area contributed by atoms with Gasteiger partial charge < -0.3 is 10.1 Å². The highest BCUT2D eigenvalue weighted by Crippen LogP contribution is 2.36. The number of hydrogen-bond donors (Lipinski definition) is 1.